The van der Waals surface area contributed by atoms with Gasteiger partial charge in [0.05, 0.1) is 13.2 Å². The number of carboxylic acid groups (broad SMARTS) is 1. The van der Waals surface area contributed by atoms with Crippen molar-refractivity contribution in [3.63, 3.8) is 0 Å². The number of rotatable bonds is 6. The minimum Gasteiger partial charge on any atom is -0.480 e. The van der Waals surface area contributed by atoms with Crippen molar-refractivity contribution in [3.8, 4) is 0 Å². The molecule has 0 aliphatic rings. The molecule has 0 rings (SSSR count). The van der Waals surface area contributed by atoms with Gasteiger partial charge in [0.25, 0.3) is 0 Å². The molecule has 0 radical (unpaired) electrons. The highest BCUT2D eigenvalue weighted by molar-refractivity contribution is 5.83. The van der Waals surface area contributed by atoms with E-state index in [0.717, 1.165) is 0 Å². The van der Waals surface area contributed by atoms with Crippen molar-refractivity contribution in [2.24, 2.45) is 5.41 Å². The number of carbonyl (C=O) groups excluding carboxylic acids is 1. The molecule has 106 valence electrons. The monoisotopic (exact) mass is 262 g/mol. The Morgan fingerprint density at radius 1 is 1.17 bits per heavy atom. The average Bonchev–Trinajstić information content (AvgIpc) is 2.23. The first-order valence-corrected chi connectivity index (χ1v) is 5.74. The topological polar surface area (TPSA) is 110 Å². The molecule has 0 aliphatic heterocycles. The van der Waals surface area contributed by atoms with Gasteiger partial charge < -0.3 is 25.5 Å². The third-order valence-electron chi connectivity index (χ3n) is 2.41. The zero-order valence-corrected chi connectivity index (χ0v) is 11.0. The van der Waals surface area contributed by atoms with Crippen molar-refractivity contribution in [3.05, 3.63) is 0 Å². The van der Waals surface area contributed by atoms with Crippen molar-refractivity contribution >= 4 is 12.0 Å². The van der Waals surface area contributed by atoms with Gasteiger partial charge in [0.1, 0.15) is 6.04 Å². The van der Waals surface area contributed by atoms with Crippen LogP contribution in [0.25, 0.3) is 0 Å². The number of urea groups is 1. The highest BCUT2D eigenvalue weighted by Crippen LogP contribution is 2.19. The number of nitrogens with one attached hydrogen (secondary N) is 1. The summed E-state index contributed by atoms with van der Waals surface area (Å²) in [5, 5.41) is 29.1. The van der Waals surface area contributed by atoms with E-state index in [9.17, 15) is 9.59 Å². The maximum atomic E-state index is 11.8. The van der Waals surface area contributed by atoms with E-state index < -0.39 is 23.5 Å². The molecule has 0 saturated carbocycles. The van der Waals surface area contributed by atoms with Crippen LogP contribution in [0.1, 0.15) is 20.8 Å². The number of nitrogens with zero attached hydrogens (tertiary/aromatic N) is 1. The average molecular weight is 262 g/mol. The normalized spacial score (nSPS) is 12.9. The van der Waals surface area contributed by atoms with Gasteiger partial charge in [0.15, 0.2) is 0 Å². The van der Waals surface area contributed by atoms with Crippen LogP contribution in [0.3, 0.4) is 0 Å². The molecule has 0 saturated heterocycles. The molecule has 0 aromatic carbocycles. The van der Waals surface area contributed by atoms with E-state index in [2.05, 4.69) is 5.32 Å². The molecule has 0 aliphatic carbocycles. The van der Waals surface area contributed by atoms with Crippen molar-refractivity contribution in [1.29, 1.82) is 0 Å². The molecule has 7 heteroatoms. The second-order valence-corrected chi connectivity index (χ2v) is 5.02. The van der Waals surface area contributed by atoms with Crippen molar-refractivity contribution in [2.75, 3.05) is 26.3 Å². The van der Waals surface area contributed by atoms with Gasteiger partial charge in [-0.05, 0) is 5.41 Å². The van der Waals surface area contributed by atoms with Crippen LogP contribution in [0, 0.1) is 5.41 Å². The van der Waals surface area contributed by atoms with Crippen molar-refractivity contribution < 1.29 is 24.9 Å². The number of aliphatic hydroxyl groups is 2. The van der Waals surface area contributed by atoms with E-state index in [4.69, 9.17) is 15.3 Å². The summed E-state index contributed by atoms with van der Waals surface area (Å²) in [6, 6.07) is -1.65. The van der Waals surface area contributed by atoms with E-state index in [1.165, 1.54) is 4.90 Å². The molecule has 0 aromatic rings. The molecular weight excluding hydrogens is 240 g/mol. The van der Waals surface area contributed by atoms with Crippen LogP contribution in [-0.4, -0.2) is 64.6 Å². The first-order valence-electron chi connectivity index (χ1n) is 5.74. The Morgan fingerprint density at radius 2 is 1.61 bits per heavy atom. The summed E-state index contributed by atoms with van der Waals surface area (Å²) in [6.07, 6.45) is 0. The number of aliphatic carboxylic acids is 1. The van der Waals surface area contributed by atoms with Crippen LogP contribution in [0.2, 0.25) is 0 Å². The Labute approximate surface area is 106 Å². The van der Waals surface area contributed by atoms with Gasteiger partial charge in [0, 0.05) is 13.1 Å². The summed E-state index contributed by atoms with van der Waals surface area (Å²) in [4.78, 5) is 24.1. The van der Waals surface area contributed by atoms with E-state index in [1.807, 2.05) is 0 Å². The predicted molar refractivity (Wildman–Crippen MR) is 65.2 cm³/mol. The Bertz CT molecular complexity index is 282. The first kappa shape index (κ1) is 16.7. The van der Waals surface area contributed by atoms with Crippen molar-refractivity contribution in [1.82, 2.24) is 10.2 Å². The van der Waals surface area contributed by atoms with E-state index in [-0.39, 0.29) is 26.3 Å². The molecule has 4 N–H and O–H groups in total. The molecule has 1 atom stereocenters. The van der Waals surface area contributed by atoms with E-state index in [1.54, 1.807) is 20.8 Å². The minimum absolute atomic E-state index is 0.0445. The number of aliphatic hydroxyl groups excluding tert-OH is 2. The number of carbonyl (C=O) groups is 2. The van der Waals surface area contributed by atoms with Crippen LogP contribution in [0.4, 0.5) is 4.79 Å². The number of hydrogen-bond acceptors (Lipinski definition) is 4. The van der Waals surface area contributed by atoms with Gasteiger partial charge in [-0.15, -0.1) is 0 Å². The number of amides is 2. The van der Waals surface area contributed by atoms with E-state index >= 15 is 0 Å². The van der Waals surface area contributed by atoms with Crippen LogP contribution in [-0.2, 0) is 4.79 Å². The van der Waals surface area contributed by atoms with Gasteiger partial charge in [0.2, 0.25) is 0 Å². The smallest absolute Gasteiger partial charge is 0.326 e. The summed E-state index contributed by atoms with van der Waals surface area (Å²) in [6.45, 7) is 4.70. The van der Waals surface area contributed by atoms with Crippen LogP contribution >= 0.6 is 0 Å². The molecule has 2 amide bonds. The number of carboxylic acids is 1. The zero-order valence-electron chi connectivity index (χ0n) is 11.0. The molecular formula is C11H22N2O5. The summed E-state index contributed by atoms with van der Waals surface area (Å²) < 4.78 is 0. The highest BCUT2D eigenvalue weighted by atomic mass is 16.4. The summed E-state index contributed by atoms with van der Waals surface area (Å²) >= 11 is 0. The van der Waals surface area contributed by atoms with E-state index in [0.29, 0.717) is 0 Å². The maximum absolute atomic E-state index is 11.8. The lowest BCUT2D eigenvalue weighted by Gasteiger charge is -2.30. The quantitative estimate of drug-likeness (QED) is 0.515. The van der Waals surface area contributed by atoms with Gasteiger partial charge in [-0.25, -0.2) is 9.59 Å². The Morgan fingerprint density at radius 3 is 1.89 bits per heavy atom. The Kier molecular flexibility index (Phi) is 6.64. The fraction of sp³-hybridized carbons (Fsp3) is 0.818. The third kappa shape index (κ3) is 5.33. The second kappa shape index (κ2) is 7.17. The van der Waals surface area contributed by atoms with Crippen LogP contribution in [0.5, 0.6) is 0 Å². The van der Waals surface area contributed by atoms with Crippen LogP contribution < -0.4 is 5.32 Å². The van der Waals surface area contributed by atoms with Gasteiger partial charge in [-0.2, -0.15) is 0 Å². The molecule has 0 heterocycles. The van der Waals surface area contributed by atoms with Gasteiger partial charge in [-0.1, -0.05) is 20.8 Å². The molecule has 0 unspecified atom stereocenters. The third-order valence-corrected chi connectivity index (χ3v) is 2.41. The zero-order chi connectivity index (χ0) is 14.3. The molecule has 18 heavy (non-hydrogen) atoms. The summed E-state index contributed by atoms with van der Waals surface area (Å²) in [7, 11) is 0. The molecule has 0 fully saturated rings. The minimum atomic E-state index is -1.12. The Balaban J connectivity index is 4.71. The predicted octanol–water partition coefficient (Wildman–Crippen LogP) is -0.518. The van der Waals surface area contributed by atoms with Crippen molar-refractivity contribution in [2.45, 2.75) is 26.8 Å². The second-order valence-electron chi connectivity index (χ2n) is 5.02. The number of hydrogen-bond donors (Lipinski definition) is 4. The Hall–Kier alpha value is -1.34. The van der Waals surface area contributed by atoms with Crippen LogP contribution in [0.15, 0.2) is 0 Å². The lowest BCUT2D eigenvalue weighted by molar-refractivity contribution is -0.142. The fourth-order valence-corrected chi connectivity index (χ4v) is 1.42. The van der Waals surface area contributed by atoms with Gasteiger partial charge >= 0.3 is 12.0 Å². The summed E-state index contributed by atoms with van der Waals surface area (Å²) in [5.74, 6) is -1.12. The maximum Gasteiger partial charge on any atom is 0.326 e. The lowest BCUT2D eigenvalue weighted by Crippen LogP contribution is -2.54. The largest absolute Gasteiger partial charge is 0.480 e. The molecule has 0 aromatic heterocycles. The first-order chi connectivity index (χ1) is 8.23. The SMILES string of the molecule is CC(C)(C)[C@@H](NC(=O)N(CCO)CCO)C(=O)O. The lowest BCUT2D eigenvalue weighted by atomic mass is 9.87. The van der Waals surface area contributed by atoms with Gasteiger partial charge in [-0.3, -0.25) is 0 Å². The standard InChI is InChI=1S/C11H22N2O5/c1-11(2,3)8(9(16)17)12-10(18)13(4-6-14)5-7-15/h8,14-15H,4-7H2,1-3H3,(H,12,18)(H,16,17)/t8-/m0/s1. The summed E-state index contributed by atoms with van der Waals surface area (Å²) in [5.41, 5.74) is -0.633. The molecule has 0 spiro atoms. The molecule has 0 bridgehead atoms. The highest BCUT2D eigenvalue weighted by Gasteiger charge is 2.33. The molecule has 7 nitrogen and oxygen atoms in total. The fourth-order valence-electron chi connectivity index (χ4n) is 1.42.